The van der Waals surface area contributed by atoms with Crippen molar-refractivity contribution in [1.29, 1.82) is 0 Å². The van der Waals surface area contributed by atoms with E-state index in [2.05, 4.69) is 15.9 Å². The molecule has 0 unspecified atom stereocenters. The number of ether oxygens (including phenoxy) is 2. The van der Waals surface area contributed by atoms with Crippen molar-refractivity contribution in [2.45, 2.75) is 12.3 Å². The van der Waals surface area contributed by atoms with Crippen LogP contribution in [0, 0.1) is 0 Å². The van der Waals surface area contributed by atoms with Crippen molar-refractivity contribution >= 4 is 15.9 Å². The van der Waals surface area contributed by atoms with E-state index in [1.54, 1.807) is 0 Å². The average Bonchev–Trinajstić information content (AvgIpc) is 2.19. The van der Waals surface area contributed by atoms with E-state index in [1.165, 1.54) is 5.56 Å². The van der Waals surface area contributed by atoms with E-state index in [1.807, 2.05) is 31.2 Å². The molecule has 0 saturated carbocycles. The van der Waals surface area contributed by atoms with Crippen LogP contribution < -0.4 is 4.74 Å². The fourth-order valence-electron chi connectivity index (χ4n) is 0.911. The summed E-state index contributed by atoms with van der Waals surface area (Å²) in [5.41, 5.74) is 1.20. The van der Waals surface area contributed by atoms with Crippen LogP contribution in [0.15, 0.2) is 24.3 Å². The van der Waals surface area contributed by atoms with Gasteiger partial charge in [-0.1, -0.05) is 28.1 Å². The Hall–Kier alpha value is -0.540. The largest absolute Gasteiger partial charge is 0.468 e. The van der Waals surface area contributed by atoms with Gasteiger partial charge in [0.15, 0.2) is 6.79 Å². The summed E-state index contributed by atoms with van der Waals surface area (Å²) in [5, 5.41) is 0.846. The molecule has 0 N–H and O–H groups in total. The van der Waals surface area contributed by atoms with Gasteiger partial charge < -0.3 is 9.47 Å². The molecule has 1 rings (SSSR count). The van der Waals surface area contributed by atoms with E-state index < -0.39 is 0 Å². The zero-order valence-corrected chi connectivity index (χ0v) is 9.21. The van der Waals surface area contributed by atoms with Crippen LogP contribution in [0.5, 0.6) is 5.75 Å². The summed E-state index contributed by atoms with van der Waals surface area (Å²) >= 11 is 3.39. The SMILES string of the molecule is CCOCOc1cccc(CBr)c1. The van der Waals surface area contributed by atoms with Crippen LogP contribution in [0.4, 0.5) is 0 Å². The molecule has 0 amide bonds. The number of rotatable bonds is 5. The van der Waals surface area contributed by atoms with Crippen molar-refractivity contribution in [1.82, 2.24) is 0 Å². The first-order chi connectivity index (χ1) is 6.36. The zero-order valence-electron chi connectivity index (χ0n) is 7.63. The fourth-order valence-corrected chi connectivity index (χ4v) is 1.26. The predicted molar refractivity (Wildman–Crippen MR) is 56.2 cm³/mol. The summed E-state index contributed by atoms with van der Waals surface area (Å²) in [4.78, 5) is 0. The lowest BCUT2D eigenvalue weighted by Gasteiger charge is -2.06. The Morgan fingerprint density at radius 1 is 1.38 bits per heavy atom. The first-order valence-electron chi connectivity index (χ1n) is 4.22. The summed E-state index contributed by atoms with van der Waals surface area (Å²) in [6.07, 6.45) is 0. The van der Waals surface area contributed by atoms with Crippen LogP contribution in [0.2, 0.25) is 0 Å². The quantitative estimate of drug-likeness (QED) is 0.451. The van der Waals surface area contributed by atoms with Gasteiger partial charge in [-0.25, -0.2) is 0 Å². The highest BCUT2D eigenvalue weighted by Gasteiger charge is 1.94. The van der Waals surface area contributed by atoms with Crippen LogP contribution in [0.3, 0.4) is 0 Å². The minimum atomic E-state index is 0.322. The smallest absolute Gasteiger partial charge is 0.189 e. The van der Waals surface area contributed by atoms with E-state index in [4.69, 9.17) is 9.47 Å². The first-order valence-corrected chi connectivity index (χ1v) is 5.34. The van der Waals surface area contributed by atoms with Crippen molar-refractivity contribution in [3.8, 4) is 5.75 Å². The summed E-state index contributed by atoms with van der Waals surface area (Å²) in [6, 6.07) is 7.93. The normalized spacial score (nSPS) is 10.0. The highest BCUT2D eigenvalue weighted by Crippen LogP contribution is 2.15. The second-order valence-corrected chi connectivity index (χ2v) is 3.10. The van der Waals surface area contributed by atoms with Crippen molar-refractivity contribution in [2.24, 2.45) is 0 Å². The lowest BCUT2D eigenvalue weighted by atomic mass is 10.2. The molecular weight excluding hydrogens is 232 g/mol. The molecule has 3 heteroatoms. The van der Waals surface area contributed by atoms with Gasteiger partial charge in [-0.15, -0.1) is 0 Å². The van der Waals surface area contributed by atoms with Crippen molar-refractivity contribution in [3.63, 3.8) is 0 Å². The van der Waals surface area contributed by atoms with Gasteiger partial charge in [-0.3, -0.25) is 0 Å². The summed E-state index contributed by atoms with van der Waals surface area (Å²) in [6.45, 7) is 2.94. The maximum atomic E-state index is 5.35. The predicted octanol–water partition coefficient (Wildman–Crippen LogP) is 2.95. The van der Waals surface area contributed by atoms with Gasteiger partial charge >= 0.3 is 0 Å². The van der Waals surface area contributed by atoms with Crippen LogP contribution in [-0.2, 0) is 10.1 Å². The van der Waals surface area contributed by atoms with Gasteiger partial charge in [-0.05, 0) is 24.6 Å². The minimum Gasteiger partial charge on any atom is -0.468 e. The van der Waals surface area contributed by atoms with E-state index in [9.17, 15) is 0 Å². The Morgan fingerprint density at radius 3 is 2.92 bits per heavy atom. The molecule has 0 fully saturated rings. The number of alkyl halides is 1. The second-order valence-electron chi connectivity index (χ2n) is 2.54. The van der Waals surface area contributed by atoms with E-state index in [0.717, 1.165) is 11.1 Å². The molecular formula is C10H13BrO2. The maximum absolute atomic E-state index is 5.35. The Bertz CT molecular complexity index is 250. The van der Waals surface area contributed by atoms with Crippen molar-refractivity contribution in [2.75, 3.05) is 13.4 Å². The number of hydrogen-bond donors (Lipinski definition) is 0. The molecule has 0 bridgehead atoms. The molecule has 0 aromatic heterocycles. The lowest BCUT2D eigenvalue weighted by Crippen LogP contribution is -2.01. The molecule has 0 aliphatic carbocycles. The molecule has 72 valence electrons. The molecule has 0 aliphatic heterocycles. The number of benzene rings is 1. The number of hydrogen-bond acceptors (Lipinski definition) is 2. The van der Waals surface area contributed by atoms with Crippen LogP contribution in [0.25, 0.3) is 0 Å². The third-order valence-electron chi connectivity index (χ3n) is 1.57. The fraction of sp³-hybridized carbons (Fsp3) is 0.400. The summed E-state index contributed by atoms with van der Waals surface area (Å²) in [5.74, 6) is 0.852. The topological polar surface area (TPSA) is 18.5 Å². The minimum absolute atomic E-state index is 0.322. The van der Waals surface area contributed by atoms with Gasteiger partial charge in [0.25, 0.3) is 0 Å². The Balaban J connectivity index is 2.46. The van der Waals surface area contributed by atoms with Crippen molar-refractivity contribution in [3.05, 3.63) is 29.8 Å². The monoisotopic (exact) mass is 244 g/mol. The molecule has 1 aromatic rings. The van der Waals surface area contributed by atoms with Gasteiger partial charge in [-0.2, -0.15) is 0 Å². The highest BCUT2D eigenvalue weighted by atomic mass is 79.9. The van der Waals surface area contributed by atoms with Gasteiger partial charge in [0.05, 0.1) is 0 Å². The van der Waals surface area contributed by atoms with E-state index >= 15 is 0 Å². The van der Waals surface area contributed by atoms with Crippen molar-refractivity contribution < 1.29 is 9.47 Å². The van der Waals surface area contributed by atoms with Gasteiger partial charge in [0.2, 0.25) is 0 Å². The molecule has 0 radical (unpaired) electrons. The van der Waals surface area contributed by atoms with Crippen LogP contribution >= 0.6 is 15.9 Å². The standard InChI is InChI=1S/C10H13BrO2/c1-2-12-8-13-10-5-3-4-9(6-10)7-11/h3-6H,2,7-8H2,1H3. The molecule has 0 atom stereocenters. The third-order valence-corrected chi connectivity index (χ3v) is 2.21. The van der Waals surface area contributed by atoms with Crippen LogP contribution in [-0.4, -0.2) is 13.4 Å². The molecule has 1 aromatic carbocycles. The van der Waals surface area contributed by atoms with Crippen LogP contribution in [0.1, 0.15) is 12.5 Å². The number of halogens is 1. The zero-order chi connectivity index (χ0) is 9.52. The van der Waals surface area contributed by atoms with Gasteiger partial charge in [0, 0.05) is 11.9 Å². The average molecular weight is 245 g/mol. The van der Waals surface area contributed by atoms with E-state index in [-0.39, 0.29) is 0 Å². The Morgan fingerprint density at radius 2 is 2.23 bits per heavy atom. The Kier molecular flexibility index (Phi) is 4.86. The summed E-state index contributed by atoms with van der Waals surface area (Å²) < 4.78 is 10.4. The highest BCUT2D eigenvalue weighted by molar-refractivity contribution is 9.08. The maximum Gasteiger partial charge on any atom is 0.189 e. The molecule has 0 heterocycles. The first kappa shape index (κ1) is 10.5. The second kappa shape index (κ2) is 6.00. The lowest BCUT2D eigenvalue weighted by molar-refractivity contribution is 0.0224. The van der Waals surface area contributed by atoms with E-state index in [0.29, 0.717) is 13.4 Å². The van der Waals surface area contributed by atoms with Gasteiger partial charge in [0.1, 0.15) is 5.75 Å². The molecule has 13 heavy (non-hydrogen) atoms. The third kappa shape index (κ3) is 3.79. The molecule has 0 aliphatic rings. The molecule has 0 saturated heterocycles. The summed E-state index contributed by atoms with van der Waals surface area (Å²) in [7, 11) is 0. The Labute approximate surface area is 87.0 Å². The molecule has 0 spiro atoms. The molecule has 2 nitrogen and oxygen atoms in total.